The zero-order chi connectivity index (χ0) is 10.7. The molecule has 1 saturated heterocycles. The number of aldehydes is 1. The summed E-state index contributed by atoms with van der Waals surface area (Å²) in [6.07, 6.45) is 4.66. The number of aromatic nitrogens is 1. The minimum absolute atomic E-state index is 0.725. The van der Waals surface area contributed by atoms with Gasteiger partial charge in [0.25, 0.3) is 0 Å². The van der Waals surface area contributed by atoms with Crippen molar-refractivity contribution in [1.82, 2.24) is 4.98 Å². The summed E-state index contributed by atoms with van der Waals surface area (Å²) >= 11 is 0. The standard InChI is InChI=1S/C12H16N2O/c1-10-7-11(9-15)8-12(13-10)14-5-3-2-4-6-14/h7-9H,2-6H2,1H3. The molecule has 3 nitrogen and oxygen atoms in total. The number of hydrogen-bond donors (Lipinski definition) is 0. The van der Waals surface area contributed by atoms with E-state index in [1.54, 1.807) is 0 Å². The van der Waals surface area contributed by atoms with Crippen molar-refractivity contribution in [3.8, 4) is 0 Å². The first kappa shape index (κ1) is 10.1. The Bertz CT molecular complexity index is 357. The molecule has 1 aromatic rings. The number of pyridine rings is 1. The first-order chi connectivity index (χ1) is 7.29. The zero-order valence-electron chi connectivity index (χ0n) is 9.07. The zero-order valence-corrected chi connectivity index (χ0v) is 9.07. The van der Waals surface area contributed by atoms with E-state index in [1.807, 2.05) is 19.1 Å². The van der Waals surface area contributed by atoms with Crippen LogP contribution >= 0.6 is 0 Å². The highest BCUT2D eigenvalue weighted by atomic mass is 16.1. The molecule has 0 spiro atoms. The molecule has 0 radical (unpaired) electrons. The van der Waals surface area contributed by atoms with E-state index in [9.17, 15) is 4.79 Å². The van der Waals surface area contributed by atoms with Gasteiger partial charge in [-0.25, -0.2) is 4.98 Å². The summed E-state index contributed by atoms with van der Waals surface area (Å²) in [5.41, 5.74) is 1.64. The number of hydrogen-bond acceptors (Lipinski definition) is 3. The molecule has 1 aliphatic heterocycles. The molecular weight excluding hydrogens is 188 g/mol. The molecule has 0 aliphatic carbocycles. The van der Waals surface area contributed by atoms with E-state index in [2.05, 4.69) is 9.88 Å². The summed E-state index contributed by atoms with van der Waals surface area (Å²) in [6, 6.07) is 3.70. The molecule has 2 heterocycles. The van der Waals surface area contributed by atoms with E-state index in [4.69, 9.17) is 0 Å². The molecule has 0 N–H and O–H groups in total. The summed E-state index contributed by atoms with van der Waals surface area (Å²) in [5, 5.41) is 0. The van der Waals surface area contributed by atoms with Crippen LogP contribution in [-0.4, -0.2) is 24.4 Å². The first-order valence-corrected chi connectivity index (χ1v) is 5.48. The maximum atomic E-state index is 10.7. The number of nitrogens with zero attached hydrogens (tertiary/aromatic N) is 2. The van der Waals surface area contributed by atoms with Crippen LogP contribution in [0, 0.1) is 6.92 Å². The Morgan fingerprint density at radius 2 is 2.00 bits per heavy atom. The van der Waals surface area contributed by atoms with Gasteiger partial charge in [0.15, 0.2) is 0 Å². The third-order valence-electron chi connectivity index (χ3n) is 2.78. The monoisotopic (exact) mass is 204 g/mol. The van der Waals surface area contributed by atoms with Crippen LogP contribution in [0.15, 0.2) is 12.1 Å². The van der Waals surface area contributed by atoms with Crippen LogP contribution in [0.25, 0.3) is 0 Å². The smallest absolute Gasteiger partial charge is 0.150 e. The summed E-state index contributed by atoms with van der Waals surface area (Å²) < 4.78 is 0. The van der Waals surface area contributed by atoms with E-state index in [0.29, 0.717) is 0 Å². The van der Waals surface area contributed by atoms with Crippen molar-refractivity contribution in [2.75, 3.05) is 18.0 Å². The molecule has 3 heteroatoms. The van der Waals surface area contributed by atoms with E-state index >= 15 is 0 Å². The normalized spacial score (nSPS) is 16.5. The van der Waals surface area contributed by atoms with Crippen molar-refractivity contribution in [2.45, 2.75) is 26.2 Å². The fourth-order valence-corrected chi connectivity index (χ4v) is 2.03. The van der Waals surface area contributed by atoms with Gasteiger partial charge < -0.3 is 4.90 Å². The predicted molar refractivity (Wildman–Crippen MR) is 60.4 cm³/mol. The molecule has 2 rings (SSSR count). The number of aryl methyl sites for hydroxylation is 1. The van der Waals surface area contributed by atoms with Crippen molar-refractivity contribution in [1.29, 1.82) is 0 Å². The van der Waals surface area contributed by atoms with Crippen LogP contribution in [0.4, 0.5) is 5.82 Å². The SMILES string of the molecule is Cc1cc(C=O)cc(N2CCCCC2)n1. The van der Waals surface area contributed by atoms with Gasteiger partial charge in [0.05, 0.1) is 0 Å². The second-order valence-electron chi connectivity index (χ2n) is 4.07. The van der Waals surface area contributed by atoms with Gasteiger partial charge in [0.1, 0.15) is 12.1 Å². The average Bonchev–Trinajstić information content (AvgIpc) is 2.29. The second kappa shape index (κ2) is 4.43. The van der Waals surface area contributed by atoms with Gasteiger partial charge in [0.2, 0.25) is 0 Å². The van der Waals surface area contributed by atoms with Gasteiger partial charge in [-0.15, -0.1) is 0 Å². The maximum Gasteiger partial charge on any atom is 0.150 e. The lowest BCUT2D eigenvalue weighted by atomic mass is 10.1. The van der Waals surface area contributed by atoms with Crippen molar-refractivity contribution >= 4 is 12.1 Å². The molecule has 0 atom stereocenters. The lowest BCUT2D eigenvalue weighted by Crippen LogP contribution is -2.30. The summed E-state index contributed by atoms with van der Waals surface area (Å²) in [7, 11) is 0. The number of anilines is 1. The third kappa shape index (κ3) is 2.35. The minimum Gasteiger partial charge on any atom is -0.357 e. The quantitative estimate of drug-likeness (QED) is 0.692. The van der Waals surface area contributed by atoms with Crippen molar-refractivity contribution in [3.63, 3.8) is 0 Å². The number of carbonyl (C=O) groups excluding carboxylic acids is 1. The van der Waals surface area contributed by atoms with E-state index in [1.165, 1.54) is 19.3 Å². The number of carbonyl (C=O) groups is 1. The molecular formula is C12H16N2O. The lowest BCUT2D eigenvalue weighted by molar-refractivity contribution is 0.112. The fourth-order valence-electron chi connectivity index (χ4n) is 2.03. The highest BCUT2D eigenvalue weighted by Gasteiger charge is 2.12. The first-order valence-electron chi connectivity index (χ1n) is 5.48. The van der Waals surface area contributed by atoms with Gasteiger partial charge in [-0.1, -0.05) is 0 Å². The van der Waals surface area contributed by atoms with Gasteiger partial charge >= 0.3 is 0 Å². The fraction of sp³-hybridized carbons (Fsp3) is 0.500. The molecule has 1 aliphatic rings. The Morgan fingerprint density at radius 1 is 1.27 bits per heavy atom. The van der Waals surface area contributed by atoms with E-state index < -0.39 is 0 Å². The van der Waals surface area contributed by atoms with Crippen LogP contribution in [0.5, 0.6) is 0 Å². The van der Waals surface area contributed by atoms with Gasteiger partial charge in [0, 0.05) is 24.3 Å². The topological polar surface area (TPSA) is 33.2 Å². The summed E-state index contributed by atoms with van der Waals surface area (Å²) in [4.78, 5) is 17.5. The molecule has 0 saturated carbocycles. The van der Waals surface area contributed by atoms with Gasteiger partial charge in [-0.2, -0.15) is 0 Å². The molecule has 0 unspecified atom stereocenters. The van der Waals surface area contributed by atoms with Crippen LogP contribution in [0.2, 0.25) is 0 Å². The highest BCUT2D eigenvalue weighted by molar-refractivity contribution is 5.76. The van der Waals surface area contributed by atoms with Crippen molar-refractivity contribution in [2.24, 2.45) is 0 Å². The average molecular weight is 204 g/mol. The predicted octanol–water partition coefficient (Wildman–Crippen LogP) is 2.19. The molecule has 0 aromatic carbocycles. The summed E-state index contributed by atoms with van der Waals surface area (Å²) in [5.74, 6) is 0.955. The van der Waals surface area contributed by atoms with Crippen LogP contribution in [0.1, 0.15) is 35.3 Å². The lowest BCUT2D eigenvalue weighted by Gasteiger charge is -2.28. The Balaban J connectivity index is 2.25. The second-order valence-corrected chi connectivity index (χ2v) is 4.07. The van der Waals surface area contributed by atoms with E-state index in [-0.39, 0.29) is 0 Å². The number of rotatable bonds is 2. The summed E-state index contributed by atoms with van der Waals surface area (Å²) in [6.45, 7) is 4.06. The van der Waals surface area contributed by atoms with Crippen LogP contribution < -0.4 is 4.90 Å². The molecule has 80 valence electrons. The molecule has 15 heavy (non-hydrogen) atoms. The maximum absolute atomic E-state index is 10.7. The van der Waals surface area contributed by atoms with Crippen molar-refractivity contribution in [3.05, 3.63) is 23.4 Å². The minimum atomic E-state index is 0.725. The molecule has 0 amide bonds. The highest BCUT2D eigenvalue weighted by Crippen LogP contribution is 2.18. The third-order valence-corrected chi connectivity index (χ3v) is 2.78. The Labute approximate surface area is 90.1 Å². The Kier molecular flexibility index (Phi) is 2.99. The Hall–Kier alpha value is -1.38. The number of piperidine rings is 1. The molecule has 1 aromatic heterocycles. The molecule has 0 bridgehead atoms. The van der Waals surface area contributed by atoms with Gasteiger partial charge in [-0.05, 0) is 38.3 Å². The largest absolute Gasteiger partial charge is 0.357 e. The Morgan fingerprint density at radius 3 is 2.67 bits per heavy atom. The van der Waals surface area contributed by atoms with Crippen molar-refractivity contribution < 1.29 is 4.79 Å². The van der Waals surface area contributed by atoms with Crippen LogP contribution in [-0.2, 0) is 0 Å². The molecule has 1 fully saturated rings. The van der Waals surface area contributed by atoms with E-state index in [0.717, 1.165) is 36.5 Å². The van der Waals surface area contributed by atoms with Gasteiger partial charge in [-0.3, -0.25) is 4.79 Å². The van der Waals surface area contributed by atoms with Crippen LogP contribution in [0.3, 0.4) is 0 Å².